The highest BCUT2D eigenvalue weighted by Gasteiger charge is 2.55. The first-order valence-electron chi connectivity index (χ1n) is 15.2. The summed E-state index contributed by atoms with van der Waals surface area (Å²) < 4.78 is 0.819. The molecule has 1 aliphatic carbocycles. The maximum Gasteiger partial charge on any atom is 0.488 e. The Morgan fingerprint density at radius 2 is 1.80 bits per heavy atom. The van der Waals surface area contributed by atoms with Crippen molar-refractivity contribution in [2.45, 2.75) is 45.1 Å². The summed E-state index contributed by atoms with van der Waals surface area (Å²) >= 11 is 3.47. The molecule has 0 aromatic heterocycles. The standard InChI is InChI=1S/C35H37BBrNO7/c1-2-7-23-18-28-33(35(43)38(34(28)42)27-11-6-10-25(19-27)36(44)45)29(20-39)32(23)31(41)14-12-22(21-8-4-3-5-9-21)16-24-17-26(37)13-15-30(24)40/h3-6,8-11,13,15-17,19,28-29,31,33,39-41,44-45H,2,7,12,14,18,20H2,1H3/b22-16-/t28-,29+,31-,33-/m1/s1. The molecule has 5 rings (SSSR count). The number of allylic oxidation sites excluding steroid dienone is 2. The first-order valence-corrected chi connectivity index (χ1v) is 16.0. The second kappa shape index (κ2) is 14.3. The Kier molecular flexibility index (Phi) is 10.4. The van der Waals surface area contributed by atoms with Gasteiger partial charge in [-0.2, -0.15) is 0 Å². The molecule has 0 radical (unpaired) electrons. The number of phenolic OH excluding ortho intramolecular Hbond substituents is 1. The number of rotatable bonds is 11. The number of benzene rings is 3. The van der Waals surface area contributed by atoms with Crippen molar-refractivity contribution in [3.63, 3.8) is 0 Å². The first-order chi connectivity index (χ1) is 21.6. The van der Waals surface area contributed by atoms with Crippen molar-refractivity contribution >= 4 is 57.7 Å². The minimum absolute atomic E-state index is 0.131. The van der Waals surface area contributed by atoms with Gasteiger partial charge in [-0.25, -0.2) is 0 Å². The van der Waals surface area contributed by atoms with Gasteiger partial charge in [-0.05, 0) is 84.3 Å². The van der Waals surface area contributed by atoms with E-state index in [2.05, 4.69) is 15.9 Å². The van der Waals surface area contributed by atoms with Crippen LogP contribution in [-0.4, -0.2) is 57.0 Å². The SMILES string of the molecule is CCCC1=C([C@H](O)CC/C(=C/c2cc(Br)ccc2O)c2ccccc2)[C@H](CO)[C@@H]2C(=O)N(c3cccc(B(O)O)c3)C(=O)[C@@H]2C1. The number of imide groups is 1. The number of hydrogen-bond donors (Lipinski definition) is 5. The summed E-state index contributed by atoms with van der Waals surface area (Å²) in [4.78, 5) is 28.7. The number of carbonyl (C=O) groups excluding carboxylic acids is 2. The van der Waals surface area contributed by atoms with Gasteiger partial charge in [0.25, 0.3) is 0 Å². The Bertz CT molecular complexity index is 1620. The number of aliphatic hydroxyl groups is 2. The number of amides is 2. The average molecular weight is 674 g/mol. The minimum Gasteiger partial charge on any atom is -0.507 e. The molecule has 234 valence electrons. The van der Waals surface area contributed by atoms with Gasteiger partial charge in [0.05, 0.1) is 30.2 Å². The highest BCUT2D eigenvalue weighted by Crippen LogP contribution is 2.48. The van der Waals surface area contributed by atoms with Crippen molar-refractivity contribution in [3.8, 4) is 5.75 Å². The summed E-state index contributed by atoms with van der Waals surface area (Å²) in [6, 6.07) is 20.9. The molecule has 4 atom stereocenters. The van der Waals surface area contributed by atoms with Gasteiger partial charge in [-0.15, -0.1) is 0 Å². The summed E-state index contributed by atoms with van der Waals surface area (Å²) in [5, 5.41) is 52.3. The van der Waals surface area contributed by atoms with Gasteiger partial charge in [-0.1, -0.05) is 77.3 Å². The molecule has 10 heteroatoms. The third kappa shape index (κ3) is 6.85. The van der Waals surface area contributed by atoms with Crippen LogP contribution in [0.4, 0.5) is 5.69 Å². The third-order valence-corrected chi connectivity index (χ3v) is 9.36. The Morgan fingerprint density at radius 1 is 1.04 bits per heavy atom. The number of hydrogen-bond acceptors (Lipinski definition) is 7. The zero-order valence-electron chi connectivity index (χ0n) is 25.0. The van der Waals surface area contributed by atoms with Crippen molar-refractivity contribution in [1.29, 1.82) is 0 Å². The number of aliphatic hydroxyl groups excluding tert-OH is 2. The zero-order chi connectivity index (χ0) is 32.2. The van der Waals surface area contributed by atoms with E-state index in [1.54, 1.807) is 24.3 Å². The number of anilines is 1. The molecule has 2 aliphatic rings. The van der Waals surface area contributed by atoms with Crippen molar-refractivity contribution in [2.24, 2.45) is 17.8 Å². The smallest absolute Gasteiger partial charge is 0.488 e. The van der Waals surface area contributed by atoms with Crippen LogP contribution in [0, 0.1) is 17.8 Å². The van der Waals surface area contributed by atoms with Gasteiger partial charge in [0.15, 0.2) is 0 Å². The fraction of sp³-hybridized carbons (Fsp3) is 0.314. The molecule has 2 amide bonds. The lowest BCUT2D eigenvalue weighted by atomic mass is 9.67. The quantitative estimate of drug-likeness (QED) is 0.0879. The van der Waals surface area contributed by atoms with Crippen LogP contribution in [-0.2, 0) is 9.59 Å². The number of phenols is 1. The number of halogens is 1. The lowest BCUT2D eigenvalue weighted by molar-refractivity contribution is -0.123. The number of nitrogens with zero attached hydrogens (tertiary/aromatic N) is 1. The molecule has 5 N–H and O–H groups in total. The van der Waals surface area contributed by atoms with Crippen molar-refractivity contribution < 1.29 is 35.0 Å². The lowest BCUT2D eigenvalue weighted by Crippen LogP contribution is -2.39. The molecule has 0 bridgehead atoms. The maximum absolute atomic E-state index is 13.9. The monoisotopic (exact) mass is 673 g/mol. The summed E-state index contributed by atoms with van der Waals surface area (Å²) in [6.45, 7) is 1.60. The largest absolute Gasteiger partial charge is 0.507 e. The molecular formula is C35H37BBrNO7. The second-order valence-electron chi connectivity index (χ2n) is 11.7. The van der Waals surface area contributed by atoms with Gasteiger partial charge in [0, 0.05) is 16.0 Å². The predicted octanol–water partition coefficient (Wildman–Crippen LogP) is 4.43. The average Bonchev–Trinajstić information content (AvgIpc) is 3.29. The summed E-state index contributed by atoms with van der Waals surface area (Å²) in [5.74, 6) is -3.01. The Balaban J connectivity index is 1.46. The minimum atomic E-state index is -1.76. The van der Waals surface area contributed by atoms with E-state index in [4.69, 9.17) is 0 Å². The lowest BCUT2D eigenvalue weighted by Gasteiger charge is -2.36. The van der Waals surface area contributed by atoms with Crippen LogP contribution in [0.3, 0.4) is 0 Å². The van der Waals surface area contributed by atoms with E-state index >= 15 is 0 Å². The van der Waals surface area contributed by atoms with E-state index in [1.165, 1.54) is 12.1 Å². The van der Waals surface area contributed by atoms with E-state index < -0.39 is 49.4 Å². The highest BCUT2D eigenvalue weighted by molar-refractivity contribution is 9.10. The van der Waals surface area contributed by atoms with Gasteiger partial charge in [0.2, 0.25) is 11.8 Å². The van der Waals surface area contributed by atoms with Gasteiger partial charge < -0.3 is 25.4 Å². The van der Waals surface area contributed by atoms with Crippen LogP contribution in [0.1, 0.15) is 50.2 Å². The molecular weight excluding hydrogens is 637 g/mol. The van der Waals surface area contributed by atoms with Crippen LogP contribution in [0.5, 0.6) is 5.75 Å². The summed E-state index contributed by atoms with van der Waals surface area (Å²) in [5.41, 5.74) is 4.39. The first kappa shape index (κ1) is 32.8. The fourth-order valence-corrected chi connectivity index (χ4v) is 7.18. The molecule has 0 saturated carbocycles. The summed E-state index contributed by atoms with van der Waals surface area (Å²) in [7, 11) is -1.76. The molecule has 1 saturated heterocycles. The molecule has 8 nitrogen and oxygen atoms in total. The van der Waals surface area contributed by atoms with E-state index in [9.17, 15) is 35.0 Å². The van der Waals surface area contributed by atoms with Crippen LogP contribution in [0.25, 0.3) is 11.6 Å². The Labute approximate surface area is 271 Å². The zero-order valence-corrected chi connectivity index (χ0v) is 26.6. The van der Waals surface area contributed by atoms with Gasteiger partial charge in [0.1, 0.15) is 5.75 Å². The number of aromatic hydroxyl groups is 1. The van der Waals surface area contributed by atoms with Crippen LogP contribution in [0.15, 0.2) is 88.4 Å². The van der Waals surface area contributed by atoms with E-state index in [1.807, 2.05) is 49.4 Å². The molecule has 1 heterocycles. The van der Waals surface area contributed by atoms with Crippen LogP contribution in [0.2, 0.25) is 0 Å². The maximum atomic E-state index is 13.9. The Hall–Kier alpha value is -3.54. The highest BCUT2D eigenvalue weighted by atomic mass is 79.9. The molecule has 3 aromatic rings. The topological polar surface area (TPSA) is 139 Å². The van der Waals surface area contributed by atoms with Crippen LogP contribution >= 0.6 is 15.9 Å². The Morgan fingerprint density at radius 3 is 2.49 bits per heavy atom. The number of carbonyl (C=O) groups is 2. The molecule has 45 heavy (non-hydrogen) atoms. The molecule has 0 unspecified atom stereocenters. The summed E-state index contributed by atoms with van der Waals surface area (Å²) in [6.07, 6.45) is 3.36. The van der Waals surface area contributed by atoms with Crippen molar-refractivity contribution in [1.82, 2.24) is 0 Å². The number of fused-ring (bicyclic) bond motifs is 1. The van der Waals surface area contributed by atoms with E-state index in [0.717, 1.165) is 32.5 Å². The third-order valence-electron chi connectivity index (χ3n) is 8.87. The van der Waals surface area contributed by atoms with E-state index in [-0.39, 0.29) is 16.9 Å². The van der Waals surface area contributed by atoms with Crippen LogP contribution < -0.4 is 10.4 Å². The molecule has 1 aliphatic heterocycles. The second-order valence-corrected chi connectivity index (χ2v) is 12.6. The van der Waals surface area contributed by atoms with Gasteiger partial charge >= 0.3 is 7.12 Å². The molecule has 0 spiro atoms. The normalized spacial score (nSPS) is 20.9. The van der Waals surface area contributed by atoms with Crippen molar-refractivity contribution in [3.05, 3.63) is 99.5 Å². The predicted molar refractivity (Wildman–Crippen MR) is 178 cm³/mol. The van der Waals surface area contributed by atoms with Gasteiger partial charge in [-0.3, -0.25) is 14.5 Å². The van der Waals surface area contributed by atoms with E-state index in [0.29, 0.717) is 36.8 Å². The fourth-order valence-electron chi connectivity index (χ4n) is 6.81. The molecule has 3 aromatic carbocycles. The van der Waals surface area contributed by atoms with Crippen molar-refractivity contribution in [2.75, 3.05) is 11.5 Å². The molecule has 1 fully saturated rings.